The first kappa shape index (κ1) is 5.88. The fourth-order valence-electron chi connectivity index (χ4n) is 0.0333. The standard InChI is InChI=1S/C3H8O3/c1-3(2-4)6-5/h3-5H,2H2,1H3. The average Bonchev–Trinajstić information content (AvgIpc) is 1.65. The fraction of sp³-hybridized carbons (Fsp3) is 1.00. The van der Waals surface area contributed by atoms with Gasteiger partial charge in [-0.05, 0) is 6.92 Å². The Hall–Kier alpha value is -0.120. The van der Waals surface area contributed by atoms with Crippen LogP contribution in [0.4, 0.5) is 0 Å². The molecule has 38 valence electrons. The molecule has 0 aliphatic carbocycles. The maximum Gasteiger partial charge on any atom is 0.113 e. The summed E-state index contributed by atoms with van der Waals surface area (Å²) in [5.41, 5.74) is 0. The Morgan fingerprint density at radius 3 is 2.33 bits per heavy atom. The van der Waals surface area contributed by atoms with E-state index in [2.05, 4.69) is 4.89 Å². The lowest BCUT2D eigenvalue weighted by molar-refractivity contribution is -0.279. The van der Waals surface area contributed by atoms with Crippen LogP contribution in [0, 0.1) is 0 Å². The van der Waals surface area contributed by atoms with Crippen LogP contribution in [0.5, 0.6) is 0 Å². The summed E-state index contributed by atoms with van der Waals surface area (Å²) in [4.78, 5) is 3.65. The van der Waals surface area contributed by atoms with Gasteiger partial charge in [0.25, 0.3) is 0 Å². The summed E-state index contributed by atoms with van der Waals surface area (Å²) >= 11 is 0. The van der Waals surface area contributed by atoms with Gasteiger partial charge in [-0.25, -0.2) is 4.89 Å². The van der Waals surface area contributed by atoms with E-state index in [1.165, 1.54) is 0 Å². The highest BCUT2D eigenvalue weighted by molar-refractivity contribution is 4.36. The van der Waals surface area contributed by atoms with E-state index in [9.17, 15) is 0 Å². The molecule has 0 heterocycles. The smallest absolute Gasteiger partial charge is 0.113 e. The molecular weight excluding hydrogens is 84.0 g/mol. The van der Waals surface area contributed by atoms with E-state index in [-0.39, 0.29) is 6.61 Å². The van der Waals surface area contributed by atoms with Crippen molar-refractivity contribution in [2.24, 2.45) is 0 Å². The second-order valence-corrected chi connectivity index (χ2v) is 1.10. The summed E-state index contributed by atoms with van der Waals surface area (Å²) in [6, 6.07) is 0. The monoisotopic (exact) mass is 92.0 g/mol. The highest BCUT2D eigenvalue weighted by Gasteiger charge is 1.92. The lowest BCUT2D eigenvalue weighted by Crippen LogP contribution is -2.09. The number of aliphatic hydroxyl groups is 1. The second kappa shape index (κ2) is 3.08. The molecule has 0 saturated heterocycles. The van der Waals surface area contributed by atoms with Gasteiger partial charge >= 0.3 is 0 Å². The van der Waals surface area contributed by atoms with Crippen LogP contribution in [0.1, 0.15) is 6.92 Å². The minimum Gasteiger partial charge on any atom is -0.394 e. The van der Waals surface area contributed by atoms with Crippen molar-refractivity contribution in [3.05, 3.63) is 0 Å². The zero-order valence-corrected chi connectivity index (χ0v) is 3.59. The Balaban J connectivity index is 2.75. The van der Waals surface area contributed by atoms with E-state index in [4.69, 9.17) is 10.4 Å². The lowest BCUT2D eigenvalue weighted by atomic mass is 10.5. The van der Waals surface area contributed by atoms with Gasteiger partial charge in [-0.2, -0.15) is 0 Å². The van der Waals surface area contributed by atoms with Gasteiger partial charge in [-0.1, -0.05) is 0 Å². The van der Waals surface area contributed by atoms with Gasteiger partial charge in [0.05, 0.1) is 6.61 Å². The van der Waals surface area contributed by atoms with Gasteiger partial charge in [-0.3, -0.25) is 5.26 Å². The predicted octanol–water partition coefficient (Wildman–Crippen LogP) is -0.143. The maximum absolute atomic E-state index is 8.05. The molecule has 0 rings (SSSR count). The summed E-state index contributed by atoms with van der Waals surface area (Å²) in [7, 11) is 0. The summed E-state index contributed by atoms with van der Waals surface area (Å²) < 4.78 is 0. The topological polar surface area (TPSA) is 49.7 Å². The van der Waals surface area contributed by atoms with Crippen molar-refractivity contribution in [1.29, 1.82) is 0 Å². The fourth-order valence-corrected chi connectivity index (χ4v) is 0.0333. The molecule has 1 atom stereocenters. The van der Waals surface area contributed by atoms with Gasteiger partial charge < -0.3 is 5.11 Å². The summed E-state index contributed by atoms with van der Waals surface area (Å²) in [5, 5.41) is 15.7. The average molecular weight is 92.1 g/mol. The van der Waals surface area contributed by atoms with Crippen molar-refractivity contribution in [2.75, 3.05) is 6.61 Å². The van der Waals surface area contributed by atoms with Gasteiger partial charge in [0.1, 0.15) is 6.10 Å². The Labute approximate surface area is 36.1 Å². The number of aliphatic hydroxyl groups excluding tert-OH is 1. The number of hydrogen-bond donors (Lipinski definition) is 2. The molecule has 0 spiro atoms. The first-order valence-corrected chi connectivity index (χ1v) is 1.72. The van der Waals surface area contributed by atoms with Crippen LogP contribution >= 0.6 is 0 Å². The lowest BCUT2D eigenvalue weighted by Gasteiger charge is -1.97. The molecule has 0 radical (unpaired) electrons. The molecule has 0 aliphatic rings. The largest absolute Gasteiger partial charge is 0.394 e. The number of rotatable bonds is 2. The maximum atomic E-state index is 8.05. The quantitative estimate of drug-likeness (QED) is 0.368. The molecule has 0 bridgehead atoms. The summed E-state index contributed by atoms with van der Waals surface area (Å²) in [5.74, 6) is 0. The second-order valence-electron chi connectivity index (χ2n) is 1.10. The molecule has 3 nitrogen and oxygen atoms in total. The summed E-state index contributed by atoms with van der Waals surface area (Å²) in [6.07, 6.45) is -0.454. The predicted molar refractivity (Wildman–Crippen MR) is 20.3 cm³/mol. The van der Waals surface area contributed by atoms with E-state index >= 15 is 0 Å². The Morgan fingerprint density at radius 1 is 1.83 bits per heavy atom. The molecule has 3 heteroatoms. The van der Waals surface area contributed by atoms with E-state index in [0.29, 0.717) is 0 Å². The Kier molecular flexibility index (Phi) is 3.02. The first-order valence-electron chi connectivity index (χ1n) is 1.72. The molecule has 2 N–H and O–H groups in total. The highest BCUT2D eigenvalue weighted by atomic mass is 17.1. The highest BCUT2D eigenvalue weighted by Crippen LogP contribution is 1.79. The molecule has 1 unspecified atom stereocenters. The van der Waals surface area contributed by atoms with E-state index in [1.807, 2.05) is 0 Å². The zero-order chi connectivity index (χ0) is 4.99. The van der Waals surface area contributed by atoms with Crippen LogP contribution in [0.15, 0.2) is 0 Å². The molecule has 0 fully saturated rings. The molecule has 0 amide bonds. The van der Waals surface area contributed by atoms with Crippen molar-refractivity contribution in [3.63, 3.8) is 0 Å². The van der Waals surface area contributed by atoms with Crippen molar-refractivity contribution >= 4 is 0 Å². The molecule has 0 aromatic carbocycles. The van der Waals surface area contributed by atoms with Crippen LogP contribution in [0.25, 0.3) is 0 Å². The third-order valence-electron chi connectivity index (χ3n) is 0.437. The normalized spacial score (nSPS) is 14.5. The van der Waals surface area contributed by atoms with Crippen LogP contribution in [-0.4, -0.2) is 23.1 Å². The van der Waals surface area contributed by atoms with Crippen LogP contribution in [-0.2, 0) is 4.89 Å². The van der Waals surface area contributed by atoms with Crippen molar-refractivity contribution < 1.29 is 15.3 Å². The molecule has 0 aromatic heterocycles. The SMILES string of the molecule is CC(CO)OO. The van der Waals surface area contributed by atoms with Gasteiger partial charge in [0, 0.05) is 0 Å². The Morgan fingerprint density at radius 2 is 2.33 bits per heavy atom. The minimum atomic E-state index is -0.454. The van der Waals surface area contributed by atoms with Gasteiger partial charge in [-0.15, -0.1) is 0 Å². The Bertz CT molecular complexity index is 25.2. The van der Waals surface area contributed by atoms with Crippen LogP contribution in [0.2, 0.25) is 0 Å². The molecular formula is C3H8O3. The van der Waals surface area contributed by atoms with Crippen LogP contribution < -0.4 is 0 Å². The zero-order valence-electron chi connectivity index (χ0n) is 3.59. The van der Waals surface area contributed by atoms with Crippen molar-refractivity contribution in [1.82, 2.24) is 0 Å². The molecule has 0 saturated carbocycles. The molecule has 0 aromatic rings. The van der Waals surface area contributed by atoms with Crippen LogP contribution in [0.3, 0.4) is 0 Å². The van der Waals surface area contributed by atoms with Crippen molar-refractivity contribution in [2.45, 2.75) is 13.0 Å². The third-order valence-corrected chi connectivity index (χ3v) is 0.437. The molecule has 6 heavy (non-hydrogen) atoms. The van der Waals surface area contributed by atoms with E-state index in [1.54, 1.807) is 6.92 Å². The van der Waals surface area contributed by atoms with Crippen molar-refractivity contribution in [3.8, 4) is 0 Å². The van der Waals surface area contributed by atoms with Gasteiger partial charge in [0.15, 0.2) is 0 Å². The van der Waals surface area contributed by atoms with E-state index in [0.717, 1.165) is 0 Å². The number of hydrogen-bond acceptors (Lipinski definition) is 3. The summed E-state index contributed by atoms with van der Waals surface area (Å²) in [6.45, 7) is 1.41. The van der Waals surface area contributed by atoms with E-state index < -0.39 is 6.10 Å². The minimum absolute atomic E-state index is 0.142. The van der Waals surface area contributed by atoms with Gasteiger partial charge in [0.2, 0.25) is 0 Å². The first-order chi connectivity index (χ1) is 2.81. The molecule has 0 aliphatic heterocycles. The third kappa shape index (κ3) is 2.14.